The molecule has 1 saturated carbocycles. The quantitative estimate of drug-likeness (QED) is 0.746. The molecular weight excluding hydrogens is 228 g/mol. The molecule has 1 aromatic rings. The van der Waals surface area contributed by atoms with E-state index in [1.165, 1.54) is 19.3 Å². The van der Waals surface area contributed by atoms with E-state index < -0.39 is 0 Å². The van der Waals surface area contributed by atoms with Gasteiger partial charge in [-0.2, -0.15) is 0 Å². The van der Waals surface area contributed by atoms with Gasteiger partial charge in [0.1, 0.15) is 5.82 Å². The fourth-order valence-electron chi connectivity index (χ4n) is 1.94. The summed E-state index contributed by atoms with van der Waals surface area (Å²) in [6, 6.07) is 0. The minimum Gasteiger partial charge on any atom is -0.335 e. The molecule has 0 aromatic carbocycles. The first-order chi connectivity index (χ1) is 6.26. The summed E-state index contributed by atoms with van der Waals surface area (Å²) < 4.78 is 2.26. The minimum atomic E-state index is 0.519. The molecule has 0 N–H and O–H groups in total. The Bertz CT molecular complexity index is 283. The molecule has 2 nitrogen and oxygen atoms in total. The third-order valence-corrected chi connectivity index (χ3v) is 4.32. The summed E-state index contributed by atoms with van der Waals surface area (Å²) >= 11 is 3.62. The average Bonchev–Trinajstić information content (AvgIpc) is 2.44. The first kappa shape index (κ1) is 9.25. The van der Waals surface area contributed by atoms with Crippen LogP contribution in [0.5, 0.6) is 0 Å². The summed E-state index contributed by atoms with van der Waals surface area (Å²) in [4.78, 5) is 4.24. The summed E-state index contributed by atoms with van der Waals surface area (Å²) in [5, 5.41) is 1.12. The number of aromatic nitrogens is 2. The zero-order valence-corrected chi connectivity index (χ0v) is 9.55. The lowest BCUT2D eigenvalue weighted by atomic mass is 9.70. The Morgan fingerprint density at radius 1 is 1.62 bits per heavy atom. The molecule has 13 heavy (non-hydrogen) atoms. The van der Waals surface area contributed by atoms with Crippen LogP contribution in [0.1, 0.15) is 25.1 Å². The van der Waals surface area contributed by atoms with Crippen molar-refractivity contribution in [3.63, 3.8) is 0 Å². The molecule has 0 aliphatic heterocycles. The monoisotopic (exact) mass is 242 g/mol. The molecule has 0 unspecified atom stereocenters. The molecule has 0 atom stereocenters. The summed E-state index contributed by atoms with van der Waals surface area (Å²) in [6.45, 7) is 3.20. The van der Waals surface area contributed by atoms with Gasteiger partial charge >= 0.3 is 0 Å². The van der Waals surface area contributed by atoms with Crippen LogP contribution in [0.4, 0.5) is 0 Å². The molecule has 0 saturated heterocycles. The molecule has 2 rings (SSSR count). The first-order valence-corrected chi connectivity index (χ1v) is 5.92. The van der Waals surface area contributed by atoms with Crippen molar-refractivity contribution >= 4 is 15.9 Å². The van der Waals surface area contributed by atoms with Gasteiger partial charge in [-0.25, -0.2) is 4.98 Å². The molecule has 0 radical (unpaired) electrons. The standard InChI is InChI=1S/C10H15BrN2/c1-9-12-5-6-13(9)8-10(7-11)3-2-4-10/h5-6H,2-4,7-8H2,1H3. The number of rotatable bonds is 3. The van der Waals surface area contributed by atoms with Gasteiger partial charge in [-0.3, -0.25) is 0 Å². The van der Waals surface area contributed by atoms with Crippen LogP contribution in [0.25, 0.3) is 0 Å². The molecule has 0 spiro atoms. The van der Waals surface area contributed by atoms with Crippen LogP contribution in [-0.2, 0) is 6.54 Å². The Labute approximate surface area is 87.5 Å². The summed E-state index contributed by atoms with van der Waals surface area (Å²) in [7, 11) is 0. The van der Waals surface area contributed by atoms with E-state index in [0.29, 0.717) is 5.41 Å². The molecule has 1 aliphatic rings. The second-order valence-corrected chi connectivity index (χ2v) is 4.65. The van der Waals surface area contributed by atoms with E-state index >= 15 is 0 Å². The lowest BCUT2D eigenvalue weighted by Gasteiger charge is -2.41. The van der Waals surface area contributed by atoms with Crippen LogP contribution < -0.4 is 0 Å². The van der Waals surface area contributed by atoms with Crippen LogP contribution in [-0.4, -0.2) is 14.9 Å². The molecular formula is C10H15BrN2. The molecule has 1 aliphatic carbocycles. The lowest BCUT2D eigenvalue weighted by molar-refractivity contribution is 0.139. The third kappa shape index (κ3) is 1.66. The summed E-state index contributed by atoms with van der Waals surface area (Å²) in [6.07, 6.45) is 8.07. The van der Waals surface area contributed by atoms with Gasteiger partial charge in [-0.1, -0.05) is 22.4 Å². The molecule has 0 amide bonds. The van der Waals surface area contributed by atoms with E-state index in [-0.39, 0.29) is 0 Å². The van der Waals surface area contributed by atoms with Crippen molar-refractivity contribution in [3.05, 3.63) is 18.2 Å². The van der Waals surface area contributed by atoms with E-state index in [9.17, 15) is 0 Å². The van der Waals surface area contributed by atoms with Gasteiger partial charge in [0.05, 0.1) is 0 Å². The van der Waals surface area contributed by atoms with Crippen molar-refractivity contribution < 1.29 is 0 Å². The Hall–Kier alpha value is -0.310. The zero-order chi connectivity index (χ0) is 9.31. The average molecular weight is 243 g/mol. The Morgan fingerprint density at radius 3 is 2.77 bits per heavy atom. The van der Waals surface area contributed by atoms with Gasteiger partial charge in [0.15, 0.2) is 0 Å². The van der Waals surface area contributed by atoms with Gasteiger partial charge in [0.25, 0.3) is 0 Å². The largest absolute Gasteiger partial charge is 0.335 e. The van der Waals surface area contributed by atoms with Crippen molar-refractivity contribution in [2.75, 3.05) is 5.33 Å². The van der Waals surface area contributed by atoms with Crippen molar-refractivity contribution in [1.29, 1.82) is 0 Å². The summed E-state index contributed by atoms with van der Waals surface area (Å²) in [5.74, 6) is 1.13. The van der Waals surface area contributed by atoms with Gasteiger partial charge in [-0.05, 0) is 25.2 Å². The smallest absolute Gasteiger partial charge is 0.105 e. The fourth-order valence-corrected chi connectivity index (χ4v) is 2.68. The lowest BCUT2D eigenvalue weighted by Crippen LogP contribution is -2.35. The second-order valence-electron chi connectivity index (χ2n) is 4.09. The number of hydrogen-bond donors (Lipinski definition) is 0. The maximum atomic E-state index is 4.24. The number of hydrogen-bond acceptors (Lipinski definition) is 1. The fraction of sp³-hybridized carbons (Fsp3) is 0.700. The van der Waals surface area contributed by atoms with E-state index in [0.717, 1.165) is 17.7 Å². The highest BCUT2D eigenvalue weighted by atomic mass is 79.9. The van der Waals surface area contributed by atoms with Crippen LogP contribution in [0.15, 0.2) is 12.4 Å². The Kier molecular flexibility index (Phi) is 2.45. The van der Waals surface area contributed by atoms with Crippen LogP contribution in [0.3, 0.4) is 0 Å². The maximum Gasteiger partial charge on any atom is 0.105 e. The van der Waals surface area contributed by atoms with Gasteiger partial charge in [0, 0.05) is 24.3 Å². The van der Waals surface area contributed by atoms with Crippen LogP contribution in [0, 0.1) is 12.3 Å². The number of alkyl halides is 1. The van der Waals surface area contributed by atoms with E-state index in [1.807, 2.05) is 6.20 Å². The first-order valence-electron chi connectivity index (χ1n) is 4.79. The SMILES string of the molecule is Cc1nccn1CC1(CBr)CCC1. The van der Waals surface area contributed by atoms with Crippen molar-refractivity contribution in [2.45, 2.75) is 32.7 Å². The zero-order valence-electron chi connectivity index (χ0n) is 7.96. The highest BCUT2D eigenvalue weighted by molar-refractivity contribution is 9.09. The second kappa shape index (κ2) is 3.45. The number of halogens is 1. The molecule has 0 bridgehead atoms. The van der Waals surface area contributed by atoms with Crippen molar-refractivity contribution in [3.8, 4) is 0 Å². The number of nitrogens with zero attached hydrogens (tertiary/aromatic N) is 2. The molecule has 1 aromatic heterocycles. The van der Waals surface area contributed by atoms with Crippen LogP contribution in [0.2, 0.25) is 0 Å². The van der Waals surface area contributed by atoms with E-state index in [1.54, 1.807) is 0 Å². The number of aryl methyl sites for hydroxylation is 1. The molecule has 1 heterocycles. The molecule has 3 heteroatoms. The van der Waals surface area contributed by atoms with Gasteiger partial charge in [0.2, 0.25) is 0 Å². The maximum absolute atomic E-state index is 4.24. The van der Waals surface area contributed by atoms with Crippen LogP contribution >= 0.6 is 15.9 Å². The Morgan fingerprint density at radius 2 is 2.38 bits per heavy atom. The topological polar surface area (TPSA) is 17.8 Å². The van der Waals surface area contributed by atoms with E-state index in [2.05, 4.69) is 38.6 Å². The van der Waals surface area contributed by atoms with Crippen molar-refractivity contribution in [2.24, 2.45) is 5.41 Å². The van der Waals surface area contributed by atoms with Gasteiger partial charge < -0.3 is 4.57 Å². The molecule has 1 fully saturated rings. The minimum absolute atomic E-state index is 0.519. The molecule has 72 valence electrons. The predicted octanol–water partition coefficient (Wildman–Crippen LogP) is 2.76. The van der Waals surface area contributed by atoms with Gasteiger partial charge in [-0.15, -0.1) is 0 Å². The Balaban J connectivity index is 2.08. The highest BCUT2D eigenvalue weighted by Gasteiger charge is 2.36. The van der Waals surface area contributed by atoms with Crippen molar-refractivity contribution in [1.82, 2.24) is 9.55 Å². The van der Waals surface area contributed by atoms with E-state index in [4.69, 9.17) is 0 Å². The third-order valence-electron chi connectivity index (χ3n) is 3.13. The summed E-state index contributed by atoms with van der Waals surface area (Å²) in [5.41, 5.74) is 0.519. The number of imidazole rings is 1. The predicted molar refractivity (Wildman–Crippen MR) is 57.0 cm³/mol. The highest BCUT2D eigenvalue weighted by Crippen LogP contribution is 2.43. The normalized spacial score (nSPS) is 19.8.